The van der Waals surface area contributed by atoms with Crippen molar-refractivity contribution in [3.63, 3.8) is 0 Å². The monoisotopic (exact) mass is 424 g/mol. The van der Waals surface area contributed by atoms with Crippen LogP contribution in [-0.2, 0) is 21.4 Å². The average Bonchev–Trinajstić information content (AvgIpc) is 2.69. The molecular formula is C20H22ClFN2O3S. The minimum atomic E-state index is -3.67. The molecule has 0 aromatic heterocycles. The number of halogens is 2. The van der Waals surface area contributed by atoms with Gasteiger partial charge in [-0.1, -0.05) is 23.7 Å². The van der Waals surface area contributed by atoms with Crippen molar-refractivity contribution in [1.29, 1.82) is 0 Å². The summed E-state index contributed by atoms with van der Waals surface area (Å²) in [4.78, 5) is 14.6. The van der Waals surface area contributed by atoms with Gasteiger partial charge in [0.15, 0.2) is 0 Å². The molecule has 28 heavy (non-hydrogen) atoms. The maximum absolute atomic E-state index is 13.0. The van der Waals surface area contributed by atoms with E-state index in [4.69, 9.17) is 11.6 Å². The average molecular weight is 425 g/mol. The Labute approximate surface area is 169 Å². The Hall–Kier alpha value is -1.96. The number of amides is 1. The zero-order valence-electron chi connectivity index (χ0n) is 15.5. The van der Waals surface area contributed by atoms with E-state index in [0.717, 1.165) is 5.56 Å². The van der Waals surface area contributed by atoms with E-state index in [2.05, 4.69) is 0 Å². The molecule has 1 unspecified atom stereocenters. The number of carbonyl (C=O) groups excluding carboxylic acids is 1. The molecule has 8 heteroatoms. The topological polar surface area (TPSA) is 57.7 Å². The molecule has 0 radical (unpaired) electrons. The maximum atomic E-state index is 13.0. The second-order valence-electron chi connectivity index (χ2n) is 6.98. The van der Waals surface area contributed by atoms with Crippen molar-refractivity contribution < 1.29 is 17.6 Å². The molecule has 0 spiro atoms. The Balaban J connectivity index is 1.68. The van der Waals surface area contributed by atoms with Crippen molar-refractivity contribution in [2.24, 2.45) is 5.92 Å². The van der Waals surface area contributed by atoms with Gasteiger partial charge in [-0.15, -0.1) is 0 Å². The largest absolute Gasteiger partial charge is 0.341 e. The van der Waals surface area contributed by atoms with Crippen LogP contribution < -0.4 is 0 Å². The molecule has 0 aliphatic carbocycles. The summed E-state index contributed by atoms with van der Waals surface area (Å²) in [6.07, 6.45) is 1.26. The number of carbonyl (C=O) groups is 1. The first-order valence-electron chi connectivity index (χ1n) is 9.02. The minimum Gasteiger partial charge on any atom is -0.341 e. The normalized spacial score (nSPS) is 18.0. The van der Waals surface area contributed by atoms with Gasteiger partial charge in [0.1, 0.15) is 5.82 Å². The van der Waals surface area contributed by atoms with Gasteiger partial charge in [-0.2, -0.15) is 4.31 Å². The van der Waals surface area contributed by atoms with Crippen LogP contribution in [0.3, 0.4) is 0 Å². The molecule has 1 fully saturated rings. The molecule has 2 aromatic carbocycles. The van der Waals surface area contributed by atoms with Crippen molar-refractivity contribution >= 4 is 27.5 Å². The highest BCUT2D eigenvalue weighted by atomic mass is 35.5. The summed E-state index contributed by atoms with van der Waals surface area (Å²) in [7, 11) is -1.99. The number of hydrogen-bond acceptors (Lipinski definition) is 3. The van der Waals surface area contributed by atoms with Gasteiger partial charge in [0.2, 0.25) is 15.9 Å². The third kappa shape index (κ3) is 4.71. The van der Waals surface area contributed by atoms with Gasteiger partial charge in [0, 0.05) is 31.7 Å². The molecule has 0 saturated carbocycles. The Morgan fingerprint density at radius 1 is 1.18 bits per heavy atom. The van der Waals surface area contributed by atoms with E-state index in [1.807, 2.05) is 0 Å². The van der Waals surface area contributed by atoms with Crippen LogP contribution in [0.5, 0.6) is 0 Å². The lowest BCUT2D eigenvalue weighted by Crippen LogP contribution is -2.45. The molecule has 150 valence electrons. The van der Waals surface area contributed by atoms with Crippen molar-refractivity contribution in [2.45, 2.75) is 24.3 Å². The summed E-state index contributed by atoms with van der Waals surface area (Å²) in [5, 5.41) is 0.466. The molecule has 1 saturated heterocycles. The van der Waals surface area contributed by atoms with Gasteiger partial charge in [-0.3, -0.25) is 4.79 Å². The summed E-state index contributed by atoms with van der Waals surface area (Å²) in [6.45, 7) is 0.882. The van der Waals surface area contributed by atoms with Gasteiger partial charge < -0.3 is 4.90 Å². The van der Waals surface area contributed by atoms with Crippen LogP contribution in [-0.4, -0.2) is 43.7 Å². The standard InChI is InChI=1S/C20H22ClFN2O3S/c1-23(13-15-4-8-18(22)9-5-15)20(25)16-3-2-12-24(14-16)28(26,27)19-10-6-17(21)7-11-19/h4-11,16H,2-3,12-14H2,1H3. The van der Waals surface area contributed by atoms with Crippen LogP contribution in [0.15, 0.2) is 53.4 Å². The Bertz CT molecular complexity index is 933. The van der Waals surface area contributed by atoms with Gasteiger partial charge in [-0.25, -0.2) is 12.8 Å². The molecule has 1 heterocycles. The number of rotatable bonds is 5. The molecule has 3 rings (SSSR count). The van der Waals surface area contributed by atoms with Crippen LogP contribution in [0.4, 0.5) is 4.39 Å². The molecule has 0 bridgehead atoms. The SMILES string of the molecule is CN(Cc1ccc(F)cc1)C(=O)C1CCCN(S(=O)(=O)c2ccc(Cl)cc2)C1. The molecule has 5 nitrogen and oxygen atoms in total. The van der Waals surface area contributed by atoms with Crippen molar-refractivity contribution in [3.8, 4) is 0 Å². The quantitative estimate of drug-likeness (QED) is 0.737. The van der Waals surface area contributed by atoms with Crippen LogP contribution >= 0.6 is 11.6 Å². The molecule has 0 N–H and O–H groups in total. The van der Waals surface area contributed by atoms with E-state index in [-0.39, 0.29) is 23.2 Å². The first-order chi connectivity index (χ1) is 13.3. The number of hydrogen-bond donors (Lipinski definition) is 0. The molecule has 1 atom stereocenters. The smallest absolute Gasteiger partial charge is 0.243 e. The minimum absolute atomic E-state index is 0.111. The van der Waals surface area contributed by atoms with Gasteiger partial charge >= 0.3 is 0 Å². The Morgan fingerprint density at radius 2 is 1.82 bits per heavy atom. The summed E-state index contributed by atoms with van der Waals surface area (Å²) in [5.41, 5.74) is 0.818. The van der Waals surface area contributed by atoms with E-state index in [0.29, 0.717) is 31.0 Å². The van der Waals surface area contributed by atoms with Crippen LogP contribution in [0.25, 0.3) is 0 Å². The lowest BCUT2D eigenvalue weighted by atomic mass is 9.98. The fraction of sp³-hybridized carbons (Fsp3) is 0.350. The number of piperidine rings is 1. The number of nitrogens with zero attached hydrogens (tertiary/aromatic N) is 2. The summed E-state index contributed by atoms with van der Waals surface area (Å²) < 4.78 is 40.2. The van der Waals surface area contributed by atoms with Crippen LogP contribution in [0.2, 0.25) is 5.02 Å². The second kappa shape index (κ2) is 8.59. The summed E-state index contributed by atoms with van der Waals surface area (Å²) in [5.74, 6) is -0.838. The molecule has 1 amide bonds. The summed E-state index contributed by atoms with van der Waals surface area (Å²) in [6, 6.07) is 12.0. The van der Waals surface area contributed by atoms with E-state index in [9.17, 15) is 17.6 Å². The van der Waals surface area contributed by atoms with Gasteiger partial charge in [0.25, 0.3) is 0 Å². The molecule has 1 aliphatic heterocycles. The first-order valence-corrected chi connectivity index (χ1v) is 10.8. The van der Waals surface area contributed by atoms with E-state index in [1.54, 1.807) is 24.1 Å². The highest BCUT2D eigenvalue weighted by molar-refractivity contribution is 7.89. The van der Waals surface area contributed by atoms with Crippen molar-refractivity contribution in [1.82, 2.24) is 9.21 Å². The lowest BCUT2D eigenvalue weighted by Gasteiger charge is -2.33. The predicted molar refractivity (Wildman–Crippen MR) is 106 cm³/mol. The third-order valence-electron chi connectivity index (χ3n) is 4.89. The van der Waals surface area contributed by atoms with E-state index in [1.165, 1.54) is 40.7 Å². The maximum Gasteiger partial charge on any atom is 0.243 e. The van der Waals surface area contributed by atoms with Gasteiger partial charge in [-0.05, 0) is 54.8 Å². The fourth-order valence-corrected chi connectivity index (χ4v) is 5.02. The van der Waals surface area contributed by atoms with E-state index >= 15 is 0 Å². The fourth-order valence-electron chi connectivity index (χ4n) is 3.37. The second-order valence-corrected chi connectivity index (χ2v) is 9.35. The lowest BCUT2D eigenvalue weighted by molar-refractivity contribution is -0.135. The highest BCUT2D eigenvalue weighted by Gasteiger charge is 2.34. The molecular weight excluding hydrogens is 403 g/mol. The molecule has 1 aliphatic rings. The zero-order chi connectivity index (χ0) is 20.3. The predicted octanol–water partition coefficient (Wildman–Crippen LogP) is 3.54. The van der Waals surface area contributed by atoms with E-state index < -0.39 is 15.9 Å². The van der Waals surface area contributed by atoms with Crippen molar-refractivity contribution in [2.75, 3.05) is 20.1 Å². The molecule has 2 aromatic rings. The highest BCUT2D eigenvalue weighted by Crippen LogP contribution is 2.26. The zero-order valence-corrected chi connectivity index (χ0v) is 17.1. The Kier molecular flexibility index (Phi) is 6.37. The number of sulfonamides is 1. The van der Waals surface area contributed by atoms with Crippen LogP contribution in [0.1, 0.15) is 18.4 Å². The summed E-state index contributed by atoms with van der Waals surface area (Å²) >= 11 is 5.84. The first kappa shape index (κ1) is 20.8. The van der Waals surface area contributed by atoms with Crippen molar-refractivity contribution in [3.05, 3.63) is 64.9 Å². The third-order valence-corrected chi connectivity index (χ3v) is 7.03. The van der Waals surface area contributed by atoms with Crippen LogP contribution in [0, 0.1) is 11.7 Å². The van der Waals surface area contributed by atoms with Gasteiger partial charge in [0.05, 0.1) is 10.8 Å². The number of benzene rings is 2. The Morgan fingerprint density at radius 3 is 2.46 bits per heavy atom.